The molecule has 0 unspecified atom stereocenters. The summed E-state index contributed by atoms with van der Waals surface area (Å²) in [6.07, 6.45) is 3.13. The Bertz CT molecular complexity index is 556. The lowest BCUT2D eigenvalue weighted by Gasteiger charge is -2.34. The maximum atomic E-state index is 12.5. The fraction of sp³-hybridized carbons (Fsp3) is 0.765. The van der Waals surface area contributed by atoms with Gasteiger partial charge < -0.3 is 19.5 Å². The molecule has 0 aromatic carbocycles. The van der Waals surface area contributed by atoms with E-state index in [0.717, 1.165) is 0 Å². The van der Waals surface area contributed by atoms with E-state index in [1.54, 1.807) is 4.90 Å². The van der Waals surface area contributed by atoms with Crippen LogP contribution in [0, 0.1) is 0 Å². The summed E-state index contributed by atoms with van der Waals surface area (Å²) in [5.41, 5.74) is -1.36. The van der Waals surface area contributed by atoms with Gasteiger partial charge in [-0.1, -0.05) is 47.0 Å². The number of carbonyl (C=O) groups excluding carboxylic acids is 2. The van der Waals surface area contributed by atoms with Crippen molar-refractivity contribution in [1.29, 1.82) is 0 Å². The zero-order valence-corrected chi connectivity index (χ0v) is 18.5. The number of carbonyl (C=O) groups is 2. The lowest BCUT2D eigenvalue weighted by Crippen LogP contribution is -2.49. The van der Waals surface area contributed by atoms with E-state index in [1.807, 2.05) is 46.8 Å². The highest BCUT2D eigenvalue weighted by atomic mass is 35.6. The molecular formula is C17H27Cl3N2O5. The van der Waals surface area contributed by atoms with Crippen LogP contribution < -0.4 is 5.32 Å². The van der Waals surface area contributed by atoms with E-state index in [-0.39, 0.29) is 12.6 Å². The summed E-state index contributed by atoms with van der Waals surface area (Å²) in [5.74, 6) is 0. The highest BCUT2D eigenvalue weighted by molar-refractivity contribution is 6.67. The van der Waals surface area contributed by atoms with E-state index >= 15 is 0 Å². The fourth-order valence-electron chi connectivity index (χ4n) is 2.35. The van der Waals surface area contributed by atoms with Crippen LogP contribution in [-0.2, 0) is 14.2 Å². The average Bonchev–Trinajstić information content (AvgIpc) is 2.77. The van der Waals surface area contributed by atoms with Crippen molar-refractivity contribution in [2.45, 2.75) is 62.2 Å². The summed E-state index contributed by atoms with van der Waals surface area (Å²) >= 11 is 16.5. The van der Waals surface area contributed by atoms with Gasteiger partial charge in [-0.3, -0.25) is 4.90 Å². The van der Waals surface area contributed by atoms with Gasteiger partial charge in [0.15, 0.2) is 0 Å². The minimum Gasteiger partial charge on any atom is -0.445 e. The predicted molar refractivity (Wildman–Crippen MR) is 105 cm³/mol. The summed E-state index contributed by atoms with van der Waals surface area (Å²) < 4.78 is 14.3. The Hall–Kier alpha value is -0.890. The molecular weight excluding hydrogens is 419 g/mol. The first-order chi connectivity index (χ1) is 12.2. The van der Waals surface area contributed by atoms with Crippen LogP contribution in [0.2, 0.25) is 0 Å². The molecule has 0 aromatic heterocycles. The molecule has 0 aromatic rings. The minimum atomic E-state index is -1.64. The molecule has 1 fully saturated rings. The number of nitrogens with one attached hydrogen (secondary N) is 1. The van der Waals surface area contributed by atoms with Crippen molar-refractivity contribution in [2.24, 2.45) is 0 Å². The van der Waals surface area contributed by atoms with Crippen LogP contribution >= 0.6 is 34.8 Å². The molecule has 27 heavy (non-hydrogen) atoms. The summed E-state index contributed by atoms with van der Waals surface area (Å²) in [6, 6.07) is -0.258. The van der Waals surface area contributed by atoms with E-state index in [9.17, 15) is 9.59 Å². The number of amides is 2. The Labute approximate surface area is 175 Å². The first-order valence-corrected chi connectivity index (χ1v) is 9.65. The van der Waals surface area contributed by atoms with E-state index in [1.165, 1.54) is 0 Å². The molecule has 0 bridgehead atoms. The lowest BCUT2D eigenvalue weighted by atomic mass is 10.2. The molecule has 156 valence electrons. The first kappa shape index (κ1) is 24.1. The molecule has 1 rings (SSSR count). The largest absolute Gasteiger partial charge is 0.445 e. The van der Waals surface area contributed by atoms with Gasteiger partial charge in [-0.2, -0.15) is 0 Å². The number of alkyl halides is 3. The van der Waals surface area contributed by atoms with E-state index in [2.05, 4.69) is 5.32 Å². The average molecular weight is 446 g/mol. The van der Waals surface area contributed by atoms with Crippen molar-refractivity contribution in [3.05, 3.63) is 12.2 Å². The Morgan fingerprint density at radius 3 is 2.48 bits per heavy atom. The molecule has 1 heterocycles. The standard InChI is InChI=1S/C17H27Cl3N2O5/c1-15(2,3)27-14(24)22-12(10-26-16(22,4)5)8-6-7-9-21-13(23)25-11-17(18,19)20/h6,8,12H,7,9-11H2,1-5H3,(H,21,23)/b8-6+/t12-/m0/s1. The molecule has 1 N–H and O–H groups in total. The molecule has 2 amide bonds. The maximum absolute atomic E-state index is 12.5. The smallest absolute Gasteiger partial charge is 0.413 e. The first-order valence-electron chi connectivity index (χ1n) is 8.51. The Balaban J connectivity index is 2.49. The molecule has 0 aliphatic carbocycles. The molecule has 7 nitrogen and oxygen atoms in total. The summed E-state index contributed by atoms with van der Waals surface area (Å²) in [7, 11) is 0. The van der Waals surface area contributed by atoms with Crippen molar-refractivity contribution in [3.8, 4) is 0 Å². The van der Waals surface area contributed by atoms with Crippen LogP contribution in [0.3, 0.4) is 0 Å². The Morgan fingerprint density at radius 1 is 1.30 bits per heavy atom. The minimum absolute atomic E-state index is 0.258. The third kappa shape index (κ3) is 9.23. The molecule has 0 spiro atoms. The van der Waals surface area contributed by atoms with E-state index < -0.39 is 27.3 Å². The highest BCUT2D eigenvalue weighted by Gasteiger charge is 2.44. The summed E-state index contributed by atoms with van der Waals surface area (Å²) in [6.45, 7) is 9.42. The number of alkyl carbamates (subject to hydrolysis) is 1. The van der Waals surface area contributed by atoms with Crippen molar-refractivity contribution < 1.29 is 23.8 Å². The lowest BCUT2D eigenvalue weighted by molar-refractivity contribution is -0.0610. The van der Waals surface area contributed by atoms with Crippen LogP contribution in [0.25, 0.3) is 0 Å². The van der Waals surface area contributed by atoms with Gasteiger partial charge >= 0.3 is 12.2 Å². The van der Waals surface area contributed by atoms with Crippen molar-refractivity contribution >= 4 is 47.0 Å². The molecule has 10 heteroatoms. The molecule has 1 aliphatic heterocycles. The number of rotatable bonds is 5. The van der Waals surface area contributed by atoms with Crippen LogP contribution in [0.1, 0.15) is 41.0 Å². The number of hydrogen-bond acceptors (Lipinski definition) is 5. The van der Waals surface area contributed by atoms with Gasteiger partial charge in [0, 0.05) is 6.54 Å². The number of nitrogens with zero attached hydrogens (tertiary/aromatic N) is 1. The van der Waals surface area contributed by atoms with Gasteiger partial charge in [0.25, 0.3) is 0 Å². The van der Waals surface area contributed by atoms with Crippen LogP contribution in [0.15, 0.2) is 12.2 Å². The second-order valence-electron chi connectivity index (χ2n) is 7.51. The molecule has 1 aliphatic rings. The number of ether oxygens (including phenoxy) is 3. The highest BCUT2D eigenvalue weighted by Crippen LogP contribution is 2.30. The zero-order valence-electron chi connectivity index (χ0n) is 16.2. The SMILES string of the molecule is CC(C)(C)OC(=O)N1[C@@H](/C=C/CCNC(=O)OCC(Cl)(Cl)Cl)COC1(C)C. The van der Waals surface area contributed by atoms with Gasteiger partial charge in [-0.15, -0.1) is 0 Å². The van der Waals surface area contributed by atoms with Crippen LogP contribution in [-0.4, -0.2) is 58.0 Å². The number of hydrogen-bond donors (Lipinski definition) is 1. The second-order valence-corrected chi connectivity index (χ2v) is 10.0. The quantitative estimate of drug-likeness (QED) is 0.385. The van der Waals surface area contributed by atoms with E-state index in [0.29, 0.717) is 19.6 Å². The molecule has 0 saturated carbocycles. The topological polar surface area (TPSA) is 77.1 Å². The summed E-state index contributed by atoms with van der Waals surface area (Å²) in [4.78, 5) is 25.5. The molecule has 1 atom stereocenters. The van der Waals surface area contributed by atoms with Gasteiger partial charge in [-0.05, 0) is 41.0 Å². The van der Waals surface area contributed by atoms with Gasteiger partial charge in [0.05, 0.1) is 12.6 Å². The monoisotopic (exact) mass is 444 g/mol. The van der Waals surface area contributed by atoms with Crippen molar-refractivity contribution in [1.82, 2.24) is 10.2 Å². The van der Waals surface area contributed by atoms with Crippen molar-refractivity contribution in [3.63, 3.8) is 0 Å². The number of halogens is 3. The summed E-state index contributed by atoms with van der Waals surface area (Å²) in [5, 5.41) is 2.54. The third-order valence-electron chi connectivity index (χ3n) is 3.41. The Kier molecular flexibility index (Phi) is 8.53. The van der Waals surface area contributed by atoms with Gasteiger partial charge in [-0.25, -0.2) is 9.59 Å². The van der Waals surface area contributed by atoms with Gasteiger partial charge in [0.2, 0.25) is 3.79 Å². The maximum Gasteiger partial charge on any atom is 0.413 e. The molecule has 1 saturated heterocycles. The predicted octanol–water partition coefficient (Wildman–Crippen LogP) is 4.40. The normalized spacial score (nSPS) is 20.0. The van der Waals surface area contributed by atoms with Crippen LogP contribution in [0.5, 0.6) is 0 Å². The molecule has 0 radical (unpaired) electrons. The van der Waals surface area contributed by atoms with Gasteiger partial charge in [0.1, 0.15) is 17.9 Å². The van der Waals surface area contributed by atoms with E-state index in [4.69, 9.17) is 49.0 Å². The Morgan fingerprint density at radius 2 is 1.93 bits per heavy atom. The second kappa shape index (κ2) is 9.54. The van der Waals surface area contributed by atoms with Crippen molar-refractivity contribution in [2.75, 3.05) is 19.8 Å². The third-order valence-corrected chi connectivity index (χ3v) is 3.74. The zero-order chi connectivity index (χ0) is 20.9. The van der Waals surface area contributed by atoms with Crippen LogP contribution in [0.4, 0.5) is 9.59 Å². The fourth-order valence-corrected chi connectivity index (χ4v) is 2.51.